The van der Waals surface area contributed by atoms with Crippen molar-refractivity contribution in [1.82, 2.24) is 19.4 Å². The molecule has 0 bridgehead atoms. The number of pyridine rings is 1. The molecule has 7 heteroatoms. The van der Waals surface area contributed by atoms with E-state index in [1.165, 1.54) is 0 Å². The Morgan fingerprint density at radius 3 is 2.81 bits per heavy atom. The van der Waals surface area contributed by atoms with Crippen LogP contribution < -0.4 is 0 Å². The molecular weight excluding hydrogens is 311 g/mol. The SMILES string of the molecule is ClCc1nc2cc(Cl)cnc2n1CCCN1CCOCC1. The van der Waals surface area contributed by atoms with Crippen LogP contribution in [0.1, 0.15) is 12.2 Å². The third-order valence-corrected chi connectivity index (χ3v) is 4.16. The molecular formula is C14H18Cl2N4O. The maximum Gasteiger partial charge on any atom is 0.160 e. The lowest BCUT2D eigenvalue weighted by Crippen LogP contribution is -2.37. The molecule has 21 heavy (non-hydrogen) atoms. The maximum absolute atomic E-state index is 6.00. The van der Waals surface area contributed by atoms with Gasteiger partial charge in [-0.1, -0.05) is 11.6 Å². The van der Waals surface area contributed by atoms with E-state index in [1.807, 2.05) is 6.07 Å². The molecule has 0 aromatic carbocycles. The third kappa shape index (κ3) is 3.48. The van der Waals surface area contributed by atoms with Gasteiger partial charge in [0.25, 0.3) is 0 Å². The average Bonchev–Trinajstić information content (AvgIpc) is 2.85. The number of imidazole rings is 1. The molecule has 2 aromatic heterocycles. The summed E-state index contributed by atoms with van der Waals surface area (Å²) < 4.78 is 7.46. The van der Waals surface area contributed by atoms with Crippen molar-refractivity contribution in [2.24, 2.45) is 0 Å². The van der Waals surface area contributed by atoms with Gasteiger partial charge in [0.05, 0.1) is 24.1 Å². The quantitative estimate of drug-likeness (QED) is 0.791. The first kappa shape index (κ1) is 15.0. The summed E-state index contributed by atoms with van der Waals surface area (Å²) in [5.41, 5.74) is 1.67. The summed E-state index contributed by atoms with van der Waals surface area (Å²) in [7, 11) is 0. The molecule has 3 heterocycles. The Labute approximate surface area is 133 Å². The third-order valence-electron chi connectivity index (χ3n) is 3.71. The number of morpholine rings is 1. The molecule has 1 aliphatic heterocycles. The minimum atomic E-state index is 0.380. The van der Waals surface area contributed by atoms with Crippen LogP contribution >= 0.6 is 23.2 Å². The van der Waals surface area contributed by atoms with Crippen LogP contribution in [0.25, 0.3) is 11.2 Å². The fraction of sp³-hybridized carbons (Fsp3) is 0.571. The Morgan fingerprint density at radius 1 is 1.24 bits per heavy atom. The highest BCUT2D eigenvalue weighted by Crippen LogP contribution is 2.19. The molecule has 0 saturated carbocycles. The Balaban J connectivity index is 1.70. The van der Waals surface area contributed by atoms with E-state index in [0.717, 1.165) is 62.8 Å². The Bertz CT molecular complexity index is 610. The molecule has 1 aliphatic rings. The largest absolute Gasteiger partial charge is 0.379 e. The predicted octanol–water partition coefficient (Wildman–Crippen LogP) is 2.55. The van der Waals surface area contributed by atoms with E-state index in [9.17, 15) is 0 Å². The van der Waals surface area contributed by atoms with Gasteiger partial charge < -0.3 is 9.30 Å². The van der Waals surface area contributed by atoms with Gasteiger partial charge in [-0.25, -0.2) is 9.97 Å². The average molecular weight is 329 g/mol. The molecule has 0 unspecified atom stereocenters. The molecule has 1 fully saturated rings. The molecule has 5 nitrogen and oxygen atoms in total. The molecule has 2 aromatic rings. The number of rotatable bonds is 5. The van der Waals surface area contributed by atoms with Crippen molar-refractivity contribution in [3.05, 3.63) is 23.1 Å². The van der Waals surface area contributed by atoms with Crippen LogP contribution in [0.4, 0.5) is 0 Å². The lowest BCUT2D eigenvalue weighted by molar-refractivity contribution is 0.0369. The lowest BCUT2D eigenvalue weighted by atomic mass is 10.3. The van der Waals surface area contributed by atoms with Gasteiger partial charge in [-0.05, 0) is 12.5 Å². The first-order valence-corrected chi connectivity index (χ1v) is 8.06. The summed E-state index contributed by atoms with van der Waals surface area (Å²) in [6.07, 6.45) is 2.70. The highest BCUT2D eigenvalue weighted by atomic mass is 35.5. The molecule has 0 spiro atoms. The fourth-order valence-corrected chi connectivity index (χ4v) is 3.00. The number of halogens is 2. The minimum absolute atomic E-state index is 0.380. The van der Waals surface area contributed by atoms with Crippen molar-refractivity contribution in [3.63, 3.8) is 0 Å². The van der Waals surface area contributed by atoms with E-state index in [-0.39, 0.29) is 0 Å². The first-order valence-electron chi connectivity index (χ1n) is 7.14. The van der Waals surface area contributed by atoms with Crippen molar-refractivity contribution in [2.75, 3.05) is 32.8 Å². The van der Waals surface area contributed by atoms with Crippen LogP contribution in [0, 0.1) is 0 Å². The van der Waals surface area contributed by atoms with Gasteiger partial charge >= 0.3 is 0 Å². The summed E-state index contributed by atoms with van der Waals surface area (Å²) in [6, 6.07) is 1.83. The van der Waals surface area contributed by atoms with E-state index in [0.29, 0.717) is 10.9 Å². The standard InChI is InChI=1S/C14H18Cl2N4O/c15-9-13-18-12-8-11(16)10-17-14(12)20(13)3-1-2-19-4-6-21-7-5-19/h8,10H,1-7,9H2. The van der Waals surface area contributed by atoms with Crippen molar-refractivity contribution in [2.45, 2.75) is 18.8 Å². The second kappa shape index (κ2) is 6.92. The van der Waals surface area contributed by atoms with Crippen LogP contribution in [-0.2, 0) is 17.2 Å². The first-order chi connectivity index (χ1) is 10.3. The van der Waals surface area contributed by atoms with E-state index in [4.69, 9.17) is 27.9 Å². The molecule has 114 valence electrons. The number of aryl methyl sites for hydroxylation is 1. The van der Waals surface area contributed by atoms with E-state index < -0.39 is 0 Å². The zero-order valence-electron chi connectivity index (χ0n) is 11.8. The molecule has 0 radical (unpaired) electrons. The molecule has 0 N–H and O–H groups in total. The predicted molar refractivity (Wildman–Crippen MR) is 84.0 cm³/mol. The number of aromatic nitrogens is 3. The number of alkyl halides is 1. The normalized spacial score (nSPS) is 16.7. The highest BCUT2D eigenvalue weighted by Gasteiger charge is 2.13. The zero-order chi connectivity index (χ0) is 14.7. The van der Waals surface area contributed by atoms with Gasteiger partial charge in [0, 0.05) is 32.4 Å². The van der Waals surface area contributed by atoms with Gasteiger partial charge in [-0.15, -0.1) is 11.6 Å². The molecule has 0 aliphatic carbocycles. The van der Waals surface area contributed by atoms with Crippen molar-refractivity contribution in [3.8, 4) is 0 Å². The molecule has 0 amide bonds. The Hall–Kier alpha value is -0.880. The van der Waals surface area contributed by atoms with Crippen LogP contribution in [0.3, 0.4) is 0 Å². The van der Waals surface area contributed by atoms with Gasteiger partial charge in [-0.2, -0.15) is 0 Å². The van der Waals surface area contributed by atoms with Gasteiger partial charge in [0.2, 0.25) is 0 Å². The van der Waals surface area contributed by atoms with Crippen LogP contribution in [-0.4, -0.2) is 52.3 Å². The Kier molecular flexibility index (Phi) is 4.95. The van der Waals surface area contributed by atoms with Gasteiger partial charge in [-0.3, -0.25) is 4.90 Å². The number of hydrogen-bond acceptors (Lipinski definition) is 4. The lowest BCUT2D eigenvalue weighted by Gasteiger charge is -2.26. The van der Waals surface area contributed by atoms with Crippen molar-refractivity contribution in [1.29, 1.82) is 0 Å². The number of nitrogens with zero attached hydrogens (tertiary/aromatic N) is 4. The van der Waals surface area contributed by atoms with E-state index in [2.05, 4.69) is 19.4 Å². The maximum atomic E-state index is 6.00. The summed E-state index contributed by atoms with van der Waals surface area (Å²) in [4.78, 5) is 11.3. The summed E-state index contributed by atoms with van der Waals surface area (Å²) >= 11 is 12.0. The topological polar surface area (TPSA) is 43.2 Å². The second-order valence-corrected chi connectivity index (χ2v) is 5.82. The van der Waals surface area contributed by atoms with E-state index >= 15 is 0 Å². The fourth-order valence-electron chi connectivity index (χ4n) is 2.65. The Morgan fingerprint density at radius 2 is 2.05 bits per heavy atom. The zero-order valence-corrected chi connectivity index (χ0v) is 13.3. The van der Waals surface area contributed by atoms with Crippen molar-refractivity contribution >= 4 is 34.4 Å². The van der Waals surface area contributed by atoms with Gasteiger partial charge in [0.15, 0.2) is 5.65 Å². The highest BCUT2D eigenvalue weighted by molar-refractivity contribution is 6.31. The number of hydrogen-bond donors (Lipinski definition) is 0. The summed E-state index contributed by atoms with van der Waals surface area (Å²) in [5.74, 6) is 1.23. The number of fused-ring (bicyclic) bond motifs is 1. The summed E-state index contributed by atoms with van der Waals surface area (Å²) in [6.45, 7) is 5.62. The molecule has 3 rings (SSSR count). The molecule has 0 atom stereocenters. The van der Waals surface area contributed by atoms with Gasteiger partial charge in [0.1, 0.15) is 11.3 Å². The van der Waals surface area contributed by atoms with E-state index in [1.54, 1.807) is 6.20 Å². The molecule has 1 saturated heterocycles. The monoisotopic (exact) mass is 328 g/mol. The van der Waals surface area contributed by atoms with Crippen molar-refractivity contribution < 1.29 is 4.74 Å². The smallest absolute Gasteiger partial charge is 0.160 e. The number of ether oxygens (including phenoxy) is 1. The minimum Gasteiger partial charge on any atom is -0.379 e. The van der Waals surface area contributed by atoms with Crippen LogP contribution in [0.5, 0.6) is 0 Å². The van der Waals surface area contributed by atoms with Crippen LogP contribution in [0.2, 0.25) is 5.02 Å². The van der Waals surface area contributed by atoms with Crippen LogP contribution in [0.15, 0.2) is 12.3 Å². The second-order valence-electron chi connectivity index (χ2n) is 5.12. The summed E-state index contributed by atoms with van der Waals surface area (Å²) in [5, 5.41) is 0.599.